The Morgan fingerprint density at radius 3 is 2.57 bits per heavy atom. The van der Waals surface area contributed by atoms with E-state index < -0.39 is 0 Å². The summed E-state index contributed by atoms with van der Waals surface area (Å²) in [4.78, 5) is 13.4. The predicted molar refractivity (Wildman–Crippen MR) is 89.8 cm³/mol. The molecule has 3 nitrogen and oxygen atoms in total. The Balaban J connectivity index is 2.01. The number of rotatable bonds is 3. The third kappa shape index (κ3) is 3.31. The largest absolute Gasteiger partial charge is 0.246 e. The minimum atomic E-state index is 0.423. The summed E-state index contributed by atoms with van der Waals surface area (Å²) in [5, 5.41) is 3.44. The molecular formula is C15H11BrClN3S. The average Bonchev–Trinajstić information content (AvgIpc) is 2.89. The number of thiazole rings is 1. The zero-order valence-corrected chi connectivity index (χ0v) is 14.3. The van der Waals surface area contributed by atoms with Crippen LogP contribution >= 0.6 is 38.9 Å². The van der Waals surface area contributed by atoms with E-state index >= 15 is 0 Å². The van der Waals surface area contributed by atoms with Crippen molar-refractivity contribution in [3.05, 3.63) is 61.9 Å². The molecule has 0 atom stereocenters. The van der Waals surface area contributed by atoms with Gasteiger partial charge in [0.2, 0.25) is 0 Å². The molecule has 0 saturated carbocycles. The smallest absolute Gasteiger partial charge is 0.147 e. The van der Waals surface area contributed by atoms with Gasteiger partial charge in [0.05, 0.1) is 16.6 Å². The van der Waals surface area contributed by atoms with Gasteiger partial charge < -0.3 is 0 Å². The molecule has 3 rings (SSSR count). The third-order valence-corrected chi connectivity index (χ3v) is 5.10. The van der Waals surface area contributed by atoms with E-state index in [1.54, 1.807) is 11.3 Å². The van der Waals surface area contributed by atoms with Gasteiger partial charge >= 0.3 is 0 Å². The van der Waals surface area contributed by atoms with Crippen LogP contribution in [0.1, 0.15) is 16.5 Å². The molecule has 0 aliphatic heterocycles. The highest BCUT2D eigenvalue weighted by Gasteiger charge is 2.13. The fraction of sp³-hybridized carbons (Fsp3) is 0.133. The number of hydrogen-bond acceptors (Lipinski definition) is 4. The maximum Gasteiger partial charge on any atom is 0.147 e. The molecule has 0 spiro atoms. The lowest BCUT2D eigenvalue weighted by Gasteiger charge is -2.07. The molecule has 0 amide bonds. The van der Waals surface area contributed by atoms with Gasteiger partial charge in [0.1, 0.15) is 16.0 Å². The maximum absolute atomic E-state index is 6.23. The Kier molecular flexibility index (Phi) is 4.33. The predicted octanol–water partition coefficient (Wildman–Crippen LogP) is 4.92. The Morgan fingerprint density at radius 2 is 1.90 bits per heavy atom. The van der Waals surface area contributed by atoms with Gasteiger partial charge in [-0.05, 0) is 22.9 Å². The average molecular weight is 381 g/mol. The third-order valence-electron chi connectivity index (χ3n) is 2.88. The summed E-state index contributed by atoms with van der Waals surface area (Å²) in [6, 6.07) is 9.92. The summed E-state index contributed by atoms with van der Waals surface area (Å²) in [5.74, 6) is 0.677. The topological polar surface area (TPSA) is 38.7 Å². The Bertz CT molecular complexity index is 774. The zero-order chi connectivity index (χ0) is 14.8. The lowest BCUT2D eigenvalue weighted by molar-refractivity contribution is 0.951. The van der Waals surface area contributed by atoms with Gasteiger partial charge in [-0.3, -0.25) is 0 Å². The van der Waals surface area contributed by atoms with Gasteiger partial charge in [0.25, 0.3) is 0 Å². The van der Waals surface area contributed by atoms with E-state index in [0.29, 0.717) is 17.4 Å². The fourth-order valence-electron chi connectivity index (χ4n) is 1.95. The molecule has 0 radical (unpaired) electrons. The second kappa shape index (κ2) is 6.22. The van der Waals surface area contributed by atoms with Crippen LogP contribution in [-0.4, -0.2) is 15.0 Å². The minimum Gasteiger partial charge on any atom is -0.246 e. The van der Waals surface area contributed by atoms with Crippen molar-refractivity contribution in [2.75, 3.05) is 0 Å². The quantitative estimate of drug-likeness (QED) is 0.606. The molecule has 0 fully saturated rings. The summed E-state index contributed by atoms with van der Waals surface area (Å²) in [6.07, 6.45) is 0.589. The minimum absolute atomic E-state index is 0.423. The van der Waals surface area contributed by atoms with Crippen LogP contribution in [0.4, 0.5) is 0 Å². The van der Waals surface area contributed by atoms with Crippen LogP contribution in [0.3, 0.4) is 0 Å². The standard InChI is InChI=1S/C15H11BrClN3S/c1-9-8-21-12(18-9)7-11-19-14(13(16)15(17)20-11)10-5-3-2-4-6-10/h2-6,8H,7H2,1H3. The maximum atomic E-state index is 6.23. The first kappa shape index (κ1) is 14.6. The first-order chi connectivity index (χ1) is 10.1. The van der Waals surface area contributed by atoms with Crippen LogP contribution < -0.4 is 0 Å². The van der Waals surface area contributed by atoms with E-state index in [9.17, 15) is 0 Å². The van der Waals surface area contributed by atoms with Crippen LogP contribution in [0.15, 0.2) is 40.2 Å². The van der Waals surface area contributed by atoms with Crippen LogP contribution in [-0.2, 0) is 6.42 Å². The Hall–Kier alpha value is -1.30. The molecule has 2 aromatic heterocycles. The van der Waals surface area contributed by atoms with Crippen LogP contribution in [0.2, 0.25) is 5.15 Å². The molecule has 106 valence electrons. The van der Waals surface area contributed by atoms with Gasteiger partial charge in [-0.2, -0.15) is 0 Å². The van der Waals surface area contributed by atoms with Crippen molar-refractivity contribution in [1.82, 2.24) is 15.0 Å². The molecule has 0 bridgehead atoms. The summed E-state index contributed by atoms with van der Waals surface area (Å²) < 4.78 is 0.717. The van der Waals surface area contributed by atoms with E-state index in [2.05, 4.69) is 30.9 Å². The highest BCUT2D eigenvalue weighted by Crippen LogP contribution is 2.31. The van der Waals surface area contributed by atoms with Gasteiger partial charge in [0.15, 0.2) is 0 Å². The van der Waals surface area contributed by atoms with Crippen molar-refractivity contribution in [2.24, 2.45) is 0 Å². The second-order valence-corrected chi connectivity index (χ2v) is 6.61. The summed E-state index contributed by atoms with van der Waals surface area (Å²) in [6.45, 7) is 1.98. The van der Waals surface area contributed by atoms with Gasteiger partial charge in [-0.1, -0.05) is 41.9 Å². The summed E-state index contributed by atoms with van der Waals surface area (Å²) in [5.41, 5.74) is 2.82. The number of aromatic nitrogens is 3. The molecule has 0 N–H and O–H groups in total. The summed E-state index contributed by atoms with van der Waals surface area (Å²) in [7, 11) is 0. The van der Waals surface area contributed by atoms with E-state index in [1.165, 1.54) is 0 Å². The van der Waals surface area contributed by atoms with Gasteiger partial charge in [0, 0.05) is 16.6 Å². The number of halogens is 2. The molecule has 1 aromatic carbocycles. The first-order valence-corrected chi connectivity index (χ1v) is 8.37. The van der Waals surface area contributed by atoms with Gasteiger partial charge in [-0.15, -0.1) is 11.3 Å². The monoisotopic (exact) mass is 379 g/mol. The zero-order valence-electron chi connectivity index (χ0n) is 11.2. The molecule has 0 saturated heterocycles. The van der Waals surface area contributed by atoms with Crippen LogP contribution in [0.5, 0.6) is 0 Å². The van der Waals surface area contributed by atoms with Crippen LogP contribution in [0.25, 0.3) is 11.3 Å². The number of benzene rings is 1. The van der Waals surface area contributed by atoms with Crippen molar-refractivity contribution < 1.29 is 0 Å². The van der Waals surface area contributed by atoms with Crippen molar-refractivity contribution in [3.63, 3.8) is 0 Å². The molecule has 3 aromatic rings. The van der Waals surface area contributed by atoms with Crippen molar-refractivity contribution in [3.8, 4) is 11.3 Å². The van der Waals surface area contributed by atoms with E-state index in [4.69, 9.17) is 11.6 Å². The molecule has 21 heavy (non-hydrogen) atoms. The SMILES string of the molecule is Cc1csc(Cc2nc(Cl)c(Br)c(-c3ccccc3)n2)n1. The van der Waals surface area contributed by atoms with E-state index in [-0.39, 0.29) is 0 Å². The van der Waals surface area contributed by atoms with E-state index in [0.717, 1.165) is 26.4 Å². The number of aryl methyl sites for hydroxylation is 1. The number of nitrogens with zero attached hydrogens (tertiary/aromatic N) is 3. The molecule has 0 aliphatic rings. The first-order valence-electron chi connectivity index (χ1n) is 6.32. The highest BCUT2D eigenvalue weighted by atomic mass is 79.9. The van der Waals surface area contributed by atoms with Crippen molar-refractivity contribution >= 4 is 38.9 Å². The number of hydrogen-bond donors (Lipinski definition) is 0. The second-order valence-electron chi connectivity index (χ2n) is 4.52. The molecule has 6 heteroatoms. The lowest BCUT2D eigenvalue weighted by Crippen LogP contribution is -2.00. The fourth-order valence-corrected chi connectivity index (χ4v) is 3.31. The normalized spacial score (nSPS) is 10.8. The van der Waals surface area contributed by atoms with Gasteiger partial charge in [-0.25, -0.2) is 15.0 Å². The molecular weight excluding hydrogens is 370 g/mol. The lowest BCUT2D eigenvalue weighted by atomic mass is 10.1. The van der Waals surface area contributed by atoms with Crippen LogP contribution in [0, 0.1) is 6.92 Å². The summed E-state index contributed by atoms with van der Waals surface area (Å²) >= 11 is 11.3. The van der Waals surface area contributed by atoms with E-state index in [1.807, 2.05) is 42.6 Å². The Labute approximate surface area is 140 Å². The molecule has 2 heterocycles. The molecule has 0 unspecified atom stereocenters. The Morgan fingerprint density at radius 1 is 1.14 bits per heavy atom. The molecule has 0 aliphatic carbocycles. The van der Waals surface area contributed by atoms with Crippen molar-refractivity contribution in [1.29, 1.82) is 0 Å². The van der Waals surface area contributed by atoms with Crippen molar-refractivity contribution in [2.45, 2.75) is 13.3 Å². The highest BCUT2D eigenvalue weighted by molar-refractivity contribution is 9.10.